The fraction of sp³-hybridized carbons (Fsp3) is 0.946. The van der Waals surface area contributed by atoms with Gasteiger partial charge in [-0.05, 0) is 127 Å². The number of hydrogen-bond donors (Lipinski definition) is 1. The zero-order valence-electron chi connectivity index (χ0n) is 29.7. The van der Waals surface area contributed by atoms with Gasteiger partial charge >= 0.3 is 11.9 Å². The minimum Gasteiger partial charge on any atom is -0.460 e. The number of aliphatic hydroxyl groups is 1. The molecule has 4 aliphatic carbocycles. The summed E-state index contributed by atoms with van der Waals surface area (Å²) in [6, 6.07) is 0. The van der Waals surface area contributed by atoms with Gasteiger partial charge in [-0.3, -0.25) is 9.59 Å². The van der Waals surface area contributed by atoms with Crippen molar-refractivity contribution < 1.29 is 24.2 Å². The van der Waals surface area contributed by atoms with Gasteiger partial charge in [0.15, 0.2) is 0 Å². The van der Waals surface area contributed by atoms with Crippen LogP contribution in [0.3, 0.4) is 0 Å². The second-order valence-corrected chi connectivity index (χ2v) is 18.6. The van der Waals surface area contributed by atoms with Crippen molar-refractivity contribution in [2.24, 2.45) is 45.3 Å². The number of esters is 2. The van der Waals surface area contributed by atoms with E-state index in [0.29, 0.717) is 24.2 Å². The van der Waals surface area contributed by atoms with Crippen molar-refractivity contribution in [1.29, 1.82) is 0 Å². The zero-order chi connectivity index (χ0) is 32.2. The molecule has 0 saturated heterocycles. The Bertz CT molecular complexity index is 973. The van der Waals surface area contributed by atoms with Crippen LogP contribution in [0.5, 0.6) is 0 Å². The summed E-state index contributed by atoms with van der Waals surface area (Å²) < 4.78 is 12.6. The van der Waals surface area contributed by atoms with E-state index in [2.05, 4.69) is 69.2 Å². The summed E-state index contributed by atoms with van der Waals surface area (Å²) in [6.45, 7) is 27.7. The van der Waals surface area contributed by atoms with E-state index in [1.807, 2.05) is 20.8 Å². The third-order valence-corrected chi connectivity index (χ3v) is 11.9. The molecule has 5 nitrogen and oxygen atoms in total. The fourth-order valence-electron chi connectivity index (χ4n) is 9.31. The highest BCUT2D eigenvalue weighted by molar-refractivity contribution is 5.78. The number of carbonyl (C=O) groups excluding carboxylic acids is 2. The van der Waals surface area contributed by atoms with Crippen LogP contribution in [0, 0.1) is 45.3 Å². The van der Waals surface area contributed by atoms with E-state index >= 15 is 0 Å². The van der Waals surface area contributed by atoms with Crippen LogP contribution < -0.4 is 0 Å². The standard InChI is InChI=1S/C37H66O5/c1-14-26(4)34(12,29(38)41-31(5,6)7)23-32(8,9)15-16-33(10,11)35(13,18-25(2)3)30(39)42-37-21-27-17-28(22-37)20-36(40,19-27)24-37/h25-28,40H,14-24H2,1-13H3. The van der Waals surface area contributed by atoms with Gasteiger partial charge in [0, 0.05) is 6.42 Å². The maximum atomic E-state index is 14.4. The lowest BCUT2D eigenvalue weighted by Crippen LogP contribution is -2.61. The predicted octanol–water partition coefficient (Wildman–Crippen LogP) is 9.28. The molecule has 0 aromatic rings. The topological polar surface area (TPSA) is 72.8 Å². The van der Waals surface area contributed by atoms with Crippen molar-refractivity contribution >= 4 is 11.9 Å². The number of rotatable bonds is 13. The molecule has 0 amide bonds. The second kappa shape index (κ2) is 11.7. The van der Waals surface area contributed by atoms with Crippen LogP contribution in [-0.2, 0) is 19.1 Å². The Morgan fingerprint density at radius 1 is 0.857 bits per heavy atom. The summed E-state index contributed by atoms with van der Waals surface area (Å²) >= 11 is 0. The van der Waals surface area contributed by atoms with E-state index in [-0.39, 0.29) is 28.7 Å². The van der Waals surface area contributed by atoms with E-state index in [4.69, 9.17) is 9.47 Å². The lowest BCUT2D eigenvalue weighted by atomic mass is 9.52. The molecule has 244 valence electrons. The van der Waals surface area contributed by atoms with E-state index in [0.717, 1.165) is 57.8 Å². The summed E-state index contributed by atoms with van der Waals surface area (Å²) in [5, 5.41) is 11.3. The van der Waals surface area contributed by atoms with Crippen LogP contribution in [0.25, 0.3) is 0 Å². The van der Waals surface area contributed by atoms with Crippen molar-refractivity contribution in [2.75, 3.05) is 0 Å². The predicted molar refractivity (Wildman–Crippen MR) is 171 cm³/mol. The highest BCUT2D eigenvalue weighted by Gasteiger charge is 2.61. The first-order chi connectivity index (χ1) is 18.9. The normalized spacial score (nSPS) is 31.4. The number of hydrogen-bond acceptors (Lipinski definition) is 5. The van der Waals surface area contributed by atoms with Crippen LogP contribution in [-0.4, -0.2) is 33.8 Å². The summed E-state index contributed by atoms with van der Waals surface area (Å²) in [5.41, 5.74) is -3.38. The van der Waals surface area contributed by atoms with Crippen LogP contribution in [0.15, 0.2) is 0 Å². The largest absolute Gasteiger partial charge is 0.460 e. The summed E-state index contributed by atoms with van der Waals surface area (Å²) in [4.78, 5) is 27.9. The lowest BCUT2D eigenvalue weighted by Gasteiger charge is -2.60. The Morgan fingerprint density at radius 3 is 1.86 bits per heavy atom. The minimum absolute atomic E-state index is 0.0808. The highest BCUT2D eigenvalue weighted by atomic mass is 16.6. The molecular weight excluding hydrogens is 524 g/mol. The smallest absolute Gasteiger partial charge is 0.312 e. The van der Waals surface area contributed by atoms with Gasteiger partial charge in [-0.25, -0.2) is 0 Å². The molecule has 4 rings (SSSR count). The van der Waals surface area contributed by atoms with Crippen LogP contribution in [0.2, 0.25) is 0 Å². The Morgan fingerprint density at radius 2 is 1.40 bits per heavy atom. The maximum Gasteiger partial charge on any atom is 0.312 e. The molecule has 0 aromatic carbocycles. The van der Waals surface area contributed by atoms with Crippen molar-refractivity contribution in [3.8, 4) is 0 Å². The van der Waals surface area contributed by atoms with Crippen molar-refractivity contribution in [1.82, 2.24) is 0 Å². The van der Waals surface area contributed by atoms with Gasteiger partial charge in [0.2, 0.25) is 0 Å². The molecule has 0 heterocycles. The molecule has 5 atom stereocenters. The Hall–Kier alpha value is -1.10. The third kappa shape index (κ3) is 7.57. The van der Waals surface area contributed by atoms with Gasteiger partial charge in [0.1, 0.15) is 11.2 Å². The molecule has 4 saturated carbocycles. The van der Waals surface area contributed by atoms with Crippen molar-refractivity contribution in [3.05, 3.63) is 0 Å². The molecule has 4 aliphatic rings. The molecule has 1 N–H and O–H groups in total. The average Bonchev–Trinajstić information content (AvgIpc) is 2.78. The number of ether oxygens (including phenoxy) is 2. The van der Waals surface area contributed by atoms with Gasteiger partial charge < -0.3 is 14.6 Å². The molecular formula is C37H66O5. The van der Waals surface area contributed by atoms with E-state index in [9.17, 15) is 14.7 Å². The Balaban J connectivity index is 1.80. The first-order valence-corrected chi connectivity index (χ1v) is 17.1. The molecule has 5 heteroatoms. The van der Waals surface area contributed by atoms with Crippen LogP contribution >= 0.6 is 0 Å². The minimum atomic E-state index is -0.658. The first kappa shape index (κ1) is 35.4. The van der Waals surface area contributed by atoms with Gasteiger partial charge in [-0.15, -0.1) is 0 Å². The molecule has 0 aliphatic heterocycles. The molecule has 4 bridgehead atoms. The van der Waals surface area contributed by atoms with E-state index < -0.39 is 27.6 Å². The molecule has 0 radical (unpaired) electrons. The highest BCUT2D eigenvalue weighted by Crippen LogP contribution is 2.60. The molecule has 4 fully saturated rings. The second-order valence-electron chi connectivity index (χ2n) is 18.6. The Labute approximate surface area is 258 Å². The SMILES string of the molecule is CCC(C)C(C)(CC(C)(C)CCC(C)(C)C(C)(CC(C)C)C(=O)OC12CC3CC(CC(O)(C3)C1)C2)C(=O)OC(C)(C)C. The van der Waals surface area contributed by atoms with E-state index in [1.165, 1.54) is 6.42 Å². The lowest BCUT2D eigenvalue weighted by molar-refractivity contribution is -0.230. The monoisotopic (exact) mass is 590 g/mol. The average molecular weight is 591 g/mol. The zero-order valence-corrected chi connectivity index (χ0v) is 29.7. The maximum absolute atomic E-state index is 14.4. The third-order valence-electron chi connectivity index (χ3n) is 11.9. The fourth-order valence-corrected chi connectivity index (χ4v) is 9.31. The quantitative estimate of drug-likeness (QED) is 0.216. The van der Waals surface area contributed by atoms with E-state index in [1.54, 1.807) is 0 Å². The van der Waals surface area contributed by atoms with Gasteiger partial charge in [-0.2, -0.15) is 0 Å². The summed E-state index contributed by atoms with van der Waals surface area (Å²) in [6.07, 6.45) is 9.46. The Kier molecular flexibility index (Phi) is 9.84. The van der Waals surface area contributed by atoms with Gasteiger partial charge in [-0.1, -0.05) is 61.8 Å². The van der Waals surface area contributed by atoms with Crippen molar-refractivity contribution in [3.63, 3.8) is 0 Å². The molecule has 5 unspecified atom stereocenters. The van der Waals surface area contributed by atoms with Gasteiger partial charge in [0.05, 0.1) is 16.4 Å². The number of carbonyl (C=O) groups is 2. The van der Waals surface area contributed by atoms with Crippen LogP contribution in [0.4, 0.5) is 0 Å². The molecule has 42 heavy (non-hydrogen) atoms. The van der Waals surface area contributed by atoms with Crippen LogP contribution in [0.1, 0.15) is 161 Å². The summed E-state index contributed by atoms with van der Waals surface area (Å²) in [7, 11) is 0. The van der Waals surface area contributed by atoms with Crippen molar-refractivity contribution in [2.45, 2.75) is 177 Å². The summed E-state index contributed by atoms with van der Waals surface area (Å²) in [5.74, 6) is 1.29. The molecule has 0 spiro atoms. The molecule has 0 aromatic heterocycles. The first-order valence-electron chi connectivity index (χ1n) is 17.1. The van der Waals surface area contributed by atoms with Gasteiger partial charge in [0.25, 0.3) is 0 Å².